The second-order valence-corrected chi connectivity index (χ2v) is 16.3. The third-order valence-electron chi connectivity index (χ3n) is 9.88. The number of phosphoric ester groups is 1. The maximum atomic E-state index is 12.4. The molecule has 8 nitrogen and oxygen atoms in total. The molecule has 0 heterocycles. The van der Waals surface area contributed by atoms with E-state index in [4.69, 9.17) is 19.3 Å². The van der Waals surface area contributed by atoms with E-state index >= 15 is 0 Å². The van der Waals surface area contributed by atoms with Gasteiger partial charge < -0.3 is 19.3 Å². The molecule has 0 aromatic carbocycles. The number of hydrogen-bond acceptors (Lipinski definition) is 6. The maximum absolute atomic E-state index is 12.4. The zero-order chi connectivity index (χ0) is 37.5. The van der Waals surface area contributed by atoms with Crippen LogP contribution < -0.4 is 0 Å². The minimum atomic E-state index is -4.74. The van der Waals surface area contributed by atoms with Gasteiger partial charge in [-0.2, -0.15) is 0 Å². The van der Waals surface area contributed by atoms with E-state index in [1.165, 1.54) is 173 Å². The third-order valence-corrected chi connectivity index (χ3v) is 10.4. The summed E-state index contributed by atoms with van der Waals surface area (Å²) >= 11 is 0. The Kier molecular flexibility index (Phi) is 38.0. The van der Waals surface area contributed by atoms with Gasteiger partial charge in [-0.3, -0.25) is 14.1 Å². The smallest absolute Gasteiger partial charge is 0.462 e. The van der Waals surface area contributed by atoms with E-state index in [9.17, 15) is 14.2 Å². The van der Waals surface area contributed by atoms with E-state index in [1.54, 1.807) is 0 Å². The van der Waals surface area contributed by atoms with Gasteiger partial charge in [-0.1, -0.05) is 213 Å². The minimum Gasteiger partial charge on any atom is -0.462 e. The second-order valence-electron chi connectivity index (χ2n) is 15.0. The molecule has 0 bridgehead atoms. The molecule has 0 fully saturated rings. The fourth-order valence-electron chi connectivity index (χ4n) is 6.61. The van der Waals surface area contributed by atoms with Crippen LogP contribution in [0.15, 0.2) is 0 Å². The Balaban J connectivity index is 3.82. The standard InChI is InChI=1S/C42H83O8P/c1-3-5-7-9-11-13-15-17-18-19-20-21-22-23-25-27-29-31-33-35-37-42(44)50-40(39-49-51(45,46)47)38-48-41(43)36-34-32-30-28-26-24-16-14-12-10-8-6-4-2/h40H,3-39H2,1-2H3,(H2,45,46,47)/t40-/m1/s1. The van der Waals surface area contributed by atoms with Crippen molar-refractivity contribution in [2.45, 2.75) is 245 Å². The van der Waals surface area contributed by atoms with E-state index in [0.717, 1.165) is 32.1 Å². The molecular formula is C42H83O8P. The highest BCUT2D eigenvalue weighted by Gasteiger charge is 2.23. The van der Waals surface area contributed by atoms with Gasteiger partial charge in [0.15, 0.2) is 6.10 Å². The average Bonchev–Trinajstić information content (AvgIpc) is 3.10. The summed E-state index contributed by atoms with van der Waals surface area (Å²) in [7, 11) is -4.74. The number of unbranched alkanes of at least 4 members (excludes halogenated alkanes) is 31. The number of hydrogen-bond donors (Lipinski definition) is 2. The number of carbonyl (C=O) groups excluding carboxylic acids is 2. The SMILES string of the molecule is CCCCCCCCCCCCCCCCCCCCCCC(=O)O[C@H](COC(=O)CCCCCCCCCCCCCCC)COP(=O)(O)O. The largest absolute Gasteiger partial charge is 0.469 e. The van der Waals surface area contributed by atoms with Crippen LogP contribution in [0.1, 0.15) is 239 Å². The van der Waals surface area contributed by atoms with Crippen molar-refractivity contribution in [3.05, 3.63) is 0 Å². The molecule has 0 aromatic rings. The number of carbonyl (C=O) groups is 2. The molecule has 0 aliphatic rings. The Morgan fingerprint density at radius 2 is 0.706 bits per heavy atom. The minimum absolute atomic E-state index is 0.221. The number of rotatable bonds is 41. The summed E-state index contributed by atoms with van der Waals surface area (Å²) in [6.07, 6.45) is 41.1. The van der Waals surface area contributed by atoms with Crippen molar-refractivity contribution in [3.8, 4) is 0 Å². The Labute approximate surface area is 315 Å². The molecule has 9 heteroatoms. The summed E-state index contributed by atoms with van der Waals surface area (Å²) in [5.74, 6) is -0.867. The van der Waals surface area contributed by atoms with Crippen LogP contribution in [-0.4, -0.2) is 41.0 Å². The number of phosphoric acid groups is 1. The summed E-state index contributed by atoms with van der Waals surface area (Å²) < 4.78 is 26.4. The van der Waals surface area contributed by atoms with E-state index in [0.29, 0.717) is 6.42 Å². The van der Waals surface area contributed by atoms with Gasteiger partial charge in [-0.15, -0.1) is 0 Å². The van der Waals surface area contributed by atoms with Crippen molar-refractivity contribution >= 4 is 19.8 Å². The lowest BCUT2D eigenvalue weighted by atomic mass is 10.0. The Hall–Kier alpha value is -0.950. The topological polar surface area (TPSA) is 119 Å². The van der Waals surface area contributed by atoms with Gasteiger partial charge in [0, 0.05) is 12.8 Å². The van der Waals surface area contributed by atoms with Crippen LogP contribution in [0.4, 0.5) is 0 Å². The van der Waals surface area contributed by atoms with Crippen LogP contribution in [0.3, 0.4) is 0 Å². The van der Waals surface area contributed by atoms with Gasteiger partial charge in [-0.25, -0.2) is 4.57 Å². The normalized spacial score (nSPS) is 12.3. The highest BCUT2D eigenvalue weighted by atomic mass is 31.2. The lowest BCUT2D eigenvalue weighted by Gasteiger charge is -2.18. The van der Waals surface area contributed by atoms with Gasteiger partial charge in [0.1, 0.15) is 6.61 Å². The van der Waals surface area contributed by atoms with Crippen molar-refractivity contribution in [3.63, 3.8) is 0 Å². The molecule has 0 saturated carbocycles. The van der Waals surface area contributed by atoms with Gasteiger partial charge >= 0.3 is 19.8 Å². The third kappa shape index (κ3) is 41.7. The first kappa shape index (κ1) is 50.1. The summed E-state index contributed by atoms with van der Waals surface area (Å²) in [6.45, 7) is 3.72. The molecule has 1 atom stereocenters. The zero-order valence-electron chi connectivity index (χ0n) is 33.5. The molecule has 0 aliphatic heterocycles. The fraction of sp³-hybridized carbons (Fsp3) is 0.952. The molecule has 51 heavy (non-hydrogen) atoms. The molecule has 0 radical (unpaired) electrons. The van der Waals surface area contributed by atoms with Crippen LogP contribution in [0.25, 0.3) is 0 Å². The molecule has 0 unspecified atom stereocenters. The summed E-state index contributed by atoms with van der Waals surface area (Å²) in [5.41, 5.74) is 0. The van der Waals surface area contributed by atoms with Crippen molar-refractivity contribution in [1.82, 2.24) is 0 Å². The fourth-order valence-corrected chi connectivity index (χ4v) is 6.97. The van der Waals surface area contributed by atoms with Crippen LogP contribution in [0, 0.1) is 0 Å². The predicted octanol–water partition coefficient (Wildman–Crippen LogP) is 13.2. The van der Waals surface area contributed by atoms with Crippen LogP contribution in [0.5, 0.6) is 0 Å². The summed E-state index contributed by atoms with van der Waals surface area (Å²) in [6, 6.07) is 0. The highest BCUT2D eigenvalue weighted by molar-refractivity contribution is 7.46. The van der Waals surface area contributed by atoms with Crippen LogP contribution >= 0.6 is 7.82 Å². The van der Waals surface area contributed by atoms with Crippen LogP contribution in [-0.2, 0) is 28.2 Å². The Morgan fingerprint density at radius 1 is 0.431 bits per heavy atom. The van der Waals surface area contributed by atoms with E-state index in [2.05, 4.69) is 18.4 Å². The highest BCUT2D eigenvalue weighted by Crippen LogP contribution is 2.36. The molecule has 0 spiro atoms. The molecule has 304 valence electrons. The lowest BCUT2D eigenvalue weighted by Crippen LogP contribution is -2.29. The summed E-state index contributed by atoms with van der Waals surface area (Å²) in [4.78, 5) is 42.8. The van der Waals surface area contributed by atoms with Crippen molar-refractivity contribution in [2.75, 3.05) is 13.2 Å². The molecule has 0 aliphatic carbocycles. The average molecular weight is 747 g/mol. The first-order valence-electron chi connectivity index (χ1n) is 21.8. The molecule has 0 saturated heterocycles. The van der Waals surface area contributed by atoms with Gasteiger partial charge in [0.25, 0.3) is 0 Å². The van der Waals surface area contributed by atoms with E-state index in [1.807, 2.05) is 0 Å². The zero-order valence-corrected chi connectivity index (χ0v) is 34.4. The number of esters is 2. The monoisotopic (exact) mass is 747 g/mol. The van der Waals surface area contributed by atoms with Crippen molar-refractivity contribution in [1.29, 1.82) is 0 Å². The van der Waals surface area contributed by atoms with E-state index < -0.39 is 32.5 Å². The van der Waals surface area contributed by atoms with Gasteiger partial charge in [0.05, 0.1) is 6.61 Å². The van der Waals surface area contributed by atoms with Crippen LogP contribution in [0.2, 0.25) is 0 Å². The van der Waals surface area contributed by atoms with Crippen molar-refractivity contribution in [2.24, 2.45) is 0 Å². The Bertz CT molecular complexity index is 802. The molecule has 0 aromatic heterocycles. The molecule has 2 N–H and O–H groups in total. The molecule has 0 amide bonds. The van der Waals surface area contributed by atoms with Crippen molar-refractivity contribution < 1.29 is 37.9 Å². The predicted molar refractivity (Wildman–Crippen MR) is 212 cm³/mol. The second kappa shape index (κ2) is 38.8. The summed E-state index contributed by atoms with van der Waals surface area (Å²) in [5, 5.41) is 0. The Morgan fingerprint density at radius 3 is 1.00 bits per heavy atom. The van der Waals surface area contributed by atoms with Gasteiger partial charge in [-0.05, 0) is 12.8 Å². The molecular weight excluding hydrogens is 663 g/mol. The number of ether oxygens (including phenoxy) is 2. The van der Waals surface area contributed by atoms with E-state index in [-0.39, 0.29) is 19.4 Å². The first-order valence-corrected chi connectivity index (χ1v) is 23.4. The molecule has 0 rings (SSSR count). The van der Waals surface area contributed by atoms with Gasteiger partial charge in [0.2, 0.25) is 0 Å². The maximum Gasteiger partial charge on any atom is 0.469 e. The lowest BCUT2D eigenvalue weighted by molar-refractivity contribution is -0.161. The quantitative estimate of drug-likeness (QED) is 0.0360. The first-order chi connectivity index (χ1) is 24.8.